The molecular weight excluding hydrogens is 260 g/mol. The van der Waals surface area contributed by atoms with Crippen molar-refractivity contribution in [3.05, 3.63) is 29.3 Å². The van der Waals surface area contributed by atoms with Gasteiger partial charge in [0.1, 0.15) is 0 Å². The minimum Gasteiger partial charge on any atom is -0.478 e. The molecule has 0 saturated carbocycles. The van der Waals surface area contributed by atoms with E-state index >= 15 is 0 Å². The van der Waals surface area contributed by atoms with Gasteiger partial charge in [0.25, 0.3) is 0 Å². The van der Waals surface area contributed by atoms with E-state index in [9.17, 15) is 9.59 Å². The molecule has 2 rings (SSSR count). The van der Waals surface area contributed by atoms with Crippen molar-refractivity contribution in [2.75, 3.05) is 25.0 Å². The Hall–Kier alpha value is -1.92. The van der Waals surface area contributed by atoms with Crippen LogP contribution in [0.1, 0.15) is 22.3 Å². The minimum atomic E-state index is -0.970. The lowest BCUT2D eigenvalue weighted by Gasteiger charge is -2.23. The maximum atomic E-state index is 11.9. The van der Waals surface area contributed by atoms with Gasteiger partial charge in [-0.2, -0.15) is 0 Å². The molecule has 1 aliphatic heterocycles. The molecule has 1 aromatic carbocycles. The van der Waals surface area contributed by atoms with Gasteiger partial charge < -0.3 is 20.5 Å². The number of hydrogen-bond acceptors (Lipinski definition) is 4. The molecule has 1 atom stereocenters. The fourth-order valence-corrected chi connectivity index (χ4v) is 2.15. The number of carbonyl (C=O) groups excluding carboxylic acids is 1. The molecule has 108 valence electrons. The smallest absolute Gasteiger partial charge is 0.335 e. The number of carbonyl (C=O) groups is 2. The van der Waals surface area contributed by atoms with Gasteiger partial charge in [0.2, 0.25) is 5.91 Å². The van der Waals surface area contributed by atoms with Gasteiger partial charge in [-0.3, -0.25) is 4.79 Å². The molecule has 0 aliphatic carbocycles. The van der Waals surface area contributed by atoms with Crippen molar-refractivity contribution in [1.82, 2.24) is 5.32 Å². The van der Waals surface area contributed by atoms with Crippen molar-refractivity contribution < 1.29 is 19.4 Å². The van der Waals surface area contributed by atoms with Crippen LogP contribution in [0.25, 0.3) is 0 Å². The van der Waals surface area contributed by atoms with E-state index in [2.05, 4.69) is 10.6 Å². The van der Waals surface area contributed by atoms with Gasteiger partial charge in [-0.25, -0.2) is 4.79 Å². The normalized spacial score (nSPS) is 18.6. The van der Waals surface area contributed by atoms with Crippen LogP contribution in [0, 0.1) is 6.92 Å². The predicted octanol–water partition coefficient (Wildman–Crippen LogP) is 1.01. The van der Waals surface area contributed by atoms with Gasteiger partial charge >= 0.3 is 5.97 Å². The van der Waals surface area contributed by atoms with Crippen molar-refractivity contribution in [2.45, 2.75) is 19.4 Å². The van der Waals surface area contributed by atoms with Crippen molar-refractivity contribution in [3.8, 4) is 0 Å². The van der Waals surface area contributed by atoms with Crippen molar-refractivity contribution in [3.63, 3.8) is 0 Å². The van der Waals surface area contributed by atoms with Crippen LogP contribution < -0.4 is 10.6 Å². The van der Waals surface area contributed by atoms with E-state index in [0.29, 0.717) is 24.4 Å². The zero-order chi connectivity index (χ0) is 14.5. The molecule has 0 spiro atoms. The molecule has 0 radical (unpaired) electrons. The number of anilines is 1. The summed E-state index contributed by atoms with van der Waals surface area (Å²) in [5.74, 6) is -1.11. The largest absolute Gasteiger partial charge is 0.478 e. The number of carboxylic acid groups (broad SMARTS) is 1. The summed E-state index contributed by atoms with van der Waals surface area (Å²) in [6.45, 7) is 3.80. The Morgan fingerprint density at radius 1 is 1.50 bits per heavy atom. The van der Waals surface area contributed by atoms with Gasteiger partial charge in [0, 0.05) is 18.8 Å². The second-order valence-electron chi connectivity index (χ2n) is 4.78. The number of aryl methyl sites for hydroxylation is 1. The first-order valence-electron chi connectivity index (χ1n) is 6.52. The molecular formula is C14H18N2O4. The first-order valence-corrected chi connectivity index (χ1v) is 6.52. The number of nitrogens with one attached hydrogen (secondary N) is 2. The Bertz CT molecular complexity index is 510. The number of rotatable bonds is 4. The van der Waals surface area contributed by atoms with E-state index in [4.69, 9.17) is 9.84 Å². The van der Waals surface area contributed by atoms with Crippen molar-refractivity contribution in [2.24, 2.45) is 0 Å². The highest BCUT2D eigenvalue weighted by molar-refractivity contribution is 5.93. The molecule has 6 heteroatoms. The quantitative estimate of drug-likeness (QED) is 0.765. The molecule has 6 nitrogen and oxygen atoms in total. The number of ether oxygens (including phenoxy) is 1. The summed E-state index contributed by atoms with van der Waals surface area (Å²) in [6.07, 6.45) is 0.176. The molecule has 1 unspecified atom stereocenters. The third-order valence-corrected chi connectivity index (χ3v) is 3.16. The molecule has 1 heterocycles. The summed E-state index contributed by atoms with van der Waals surface area (Å²) in [6, 6.07) is 4.74. The third-order valence-electron chi connectivity index (χ3n) is 3.16. The Labute approximate surface area is 117 Å². The maximum Gasteiger partial charge on any atom is 0.335 e. The maximum absolute atomic E-state index is 11.9. The molecule has 0 aromatic heterocycles. The molecule has 20 heavy (non-hydrogen) atoms. The van der Waals surface area contributed by atoms with Gasteiger partial charge in [0.05, 0.1) is 24.7 Å². The van der Waals surface area contributed by atoms with Crippen LogP contribution in [0.4, 0.5) is 5.69 Å². The summed E-state index contributed by atoms with van der Waals surface area (Å²) in [4.78, 5) is 22.8. The summed E-state index contributed by atoms with van der Waals surface area (Å²) in [5.41, 5.74) is 1.45. The minimum absolute atomic E-state index is 0.108. The van der Waals surface area contributed by atoms with Gasteiger partial charge in [-0.1, -0.05) is 0 Å². The number of amides is 1. The molecule has 1 aromatic rings. The lowest BCUT2D eigenvalue weighted by molar-refractivity contribution is -0.119. The molecule has 1 fully saturated rings. The summed E-state index contributed by atoms with van der Waals surface area (Å²) >= 11 is 0. The lowest BCUT2D eigenvalue weighted by atomic mass is 10.1. The monoisotopic (exact) mass is 278 g/mol. The standard InChI is InChI=1S/C14H18N2O4/c1-9-6-10(2-3-12(9)14(18)19)16-13(17)7-11-8-15-4-5-20-11/h2-3,6,11,15H,4-5,7-8H2,1H3,(H,16,17)(H,18,19). The molecule has 1 saturated heterocycles. The molecule has 0 bridgehead atoms. The van der Waals surface area contributed by atoms with Crippen LogP contribution in [0.5, 0.6) is 0 Å². The summed E-state index contributed by atoms with van der Waals surface area (Å²) < 4.78 is 5.46. The number of aromatic carboxylic acids is 1. The third kappa shape index (κ3) is 3.79. The lowest BCUT2D eigenvalue weighted by Crippen LogP contribution is -2.40. The fraction of sp³-hybridized carbons (Fsp3) is 0.429. The van der Waals surface area contributed by atoms with Crippen LogP contribution in [0.3, 0.4) is 0 Å². The zero-order valence-corrected chi connectivity index (χ0v) is 11.3. The Kier molecular flexibility index (Phi) is 4.70. The highest BCUT2D eigenvalue weighted by atomic mass is 16.5. The van der Waals surface area contributed by atoms with Crippen LogP contribution in [0.15, 0.2) is 18.2 Å². The molecule has 1 amide bonds. The number of hydrogen-bond donors (Lipinski definition) is 3. The summed E-state index contributed by atoms with van der Waals surface area (Å²) in [7, 11) is 0. The van der Waals surface area contributed by atoms with Gasteiger partial charge in [-0.15, -0.1) is 0 Å². The topological polar surface area (TPSA) is 87.7 Å². The van der Waals surface area contributed by atoms with E-state index in [1.807, 2.05) is 0 Å². The second kappa shape index (κ2) is 6.49. The van der Waals surface area contributed by atoms with Crippen LogP contribution in [-0.4, -0.2) is 42.8 Å². The van der Waals surface area contributed by atoms with E-state index in [-0.39, 0.29) is 24.0 Å². The van der Waals surface area contributed by atoms with Crippen LogP contribution >= 0.6 is 0 Å². The fourth-order valence-electron chi connectivity index (χ4n) is 2.15. The first-order chi connectivity index (χ1) is 9.56. The van der Waals surface area contributed by atoms with Crippen LogP contribution in [0.2, 0.25) is 0 Å². The average Bonchev–Trinajstić information content (AvgIpc) is 2.39. The van der Waals surface area contributed by atoms with Gasteiger partial charge in [0.15, 0.2) is 0 Å². The number of carboxylic acids is 1. The zero-order valence-electron chi connectivity index (χ0n) is 11.3. The van der Waals surface area contributed by atoms with E-state index in [0.717, 1.165) is 6.54 Å². The Balaban J connectivity index is 1.93. The van der Waals surface area contributed by atoms with Crippen LogP contribution in [-0.2, 0) is 9.53 Å². The van der Waals surface area contributed by atoms with E-state index in [1.54, 1.807) is 19.1 Å². The second-order valence-corrected chi connectivity index (χ2v) is 4.78. The van der Waals surface area contributed by atoms with Crippen molar-refractivity contribution >= 4 is 17.6 Å². The SMILES string of the molecule is Cc1cc(NC(=O)CC2CNCCO2)ccc1C(=O)O. The molecule has 3 N–H and O–H groups in total. The van der Waals surface area contributed by atoms with Crippen molar-refractivity contribution in [1.29, 1.82) is 0 Å². The first kappa shape index (κ1) is 14.5. The average molecular weight is 278 g/mol. The highest BCUT2D eigenvalue weighted by Gasteiger charge is 2.17. The number of morpholine rings is 1. The summed E-state index contributed by atoms with van der Waals surface area (Å²) in [5, 5.41) is 14.9. The Morgan fingerprint density at radius 3 is 2.90 bits per heavy atom. The van der Waals surface area contributed by atoms with E-state index < -0.39 is 5.97 Å². The molecule has 1 aliphatic rings. The van der Waals surface area contributed by atoms with E-state index in [1.165, 1.54) is 6.07 Å². The highest BCUT2D eigenvalue weighted by Crippen LogP contribution is 2.16. The van der Waals surface area contributed by atoms with Gasteiger partial charge in [-0.05, 0) is 30.7 Å². The Morgan fingerprint density at radius 2 is 2.30 bits per heavy atom. The predicted molar refractivity (Wildman–Crippen MR) is 74.0 cm³/mol. The number of benzene rings is 1.